The number of amides is 1. The molecule has 15 heavy (non-hydrogen) atoms. The molecule has 0 aliphatic carbocycles. The summed E-state index contributed by atoms with van der Waals surface area (Å²) < 4.78 is 10.1. The monoisotopic (exact) mass is 216 g/mol. The van der Waals surface area contributed by atoms with E-state index in [1.165, 1.54) is 0 Å². The lowest BCUT2D eigenvalue weighted by Crippen LogP contribution is -2.46. The minimum atomic E-state index is -0.291. The molecule has 0 saturated carbocycles. The lowest BCUT2D eigenvalue weighted by Gasteiger charge is -2.19. The second-order valence-corrected chi connectivity index (χ2v) is 3.65. The molecule has 1 aliphatic rings. The third kappa shape index (κ3) is 4.15. The van der Waals surface area contributed by atoms with Crippen LogP contribution in [0.5, 0.6) is 0 Å². The predicted octanol–water partition coefficient (Wildman–Crippen LogP) is -0.136. The molecule has 1 aliphatic heterocycles. The predicted molar refractivity (Wildman–Crippen MR) is 56.5 cm³/mol. The van der Waals surface area contributed by atoms with Crippen LogP contribution in [-0.2, 0) is 14.3 Å². The van der Waals surface area contributed by atoms with Crippen LogP contribution in [0.2, 0.25) is 0 Å². The van der Waals surface area contributed by atoms with E-state index in [2.05, 4.69) is 10.6 Å². The first-order valence-corrected chi connectivity index (χ1v) is 5.34. The van der Waals surface area contributed by atoms with Gasteiger partial charge in [0.05, 0.1) is 6.04 Å². The van der Waals surface area contributed by atoms with Crippen LogP contribution in [0.25, 0.3) is 0 Å². The number of carbonyl (C=O) groups excluding carboxylic acids is 1. The van der Waals surface area contributed by atoms with Gasteiger partial charge in [0.2, 0.25) is 5.91 Å². The first-order chi connectivity index (χ1) is 7.27. The summed E-state index contributed by atoms with van der Waals surface area (Å²) in [5.41, 5.74) is 0. The quantitative estimate of drug-likeness (QED) is 0.628. The summed E-state index contributed by atoms with van der Waals surface area (Å²) in [4.78, 5) is 11.5. The van der Waals surface area contributed by atoms with E-state index in [1.54, 1.807) is 14.2 Å². The Morgan fingerprint density at radius 3 is 2.87 bits per heavy atom. The molecule has 0 bridgehead atoms. The van der Waals surface area contributed by atoms with Gasteiger partial charge in [0, 0.05) is 27.3 Å². The fourth-order valence-electron chi connectivity index (χ4n) is 1.64. The van der Waals surface area contributed by atoms with Crippen molar-refractivity contribution in [3.63, 3.8) is 0 Å². The third-order valence-corrected chi connectivity index (χ3v) is 2.59. The Kier molecular flexibility index (Phi) is 5.60. The number of hydrogen-bond acceptors (Lipinski definition) is 4. The molecule has 0 aromatic heterocycles. The molecule has 0 spiro atoms. The second kappa shape index (κ2) is 6.76. The summed E-state index contributed by atoms with van der Waals surface area (Å²) >= 11 is 0. The highest BCUT2D eigenvalue weighted by molar-refractivity contribution is 5.81. The van der Waals surface area contributed by atoms with Crippen molar-refractivity contribution in [2.24, 2.45) is 0 Å². The van der Waals surface area contributed by atoms with Crippen molar-refractivity contribution in [2.45, 2.75) is 31.6 Å². The molecule has 1 heterocycles. The zero-order valence-electron chi connectivity index (χ0n) is 9.41. The Balaban J connectivity index is 2.31. The van der Waals surface area contributed by atoms with Crippen LogP contribution in [0.15, 0.2) is 0 Å². The highest BCUT2D eigenvalue weighted by Gasteiger charge is 2.20. The van der Waals surface area contributed by atoms with Crippen LogP contribution < -0.4 is 10.6 Å². The molecule has 0 aromatic carbocycles. The zero-order chi connectivity index (χ0) is 11.1. The molecule has 1 atom stereocenters. The molecule has 0 aromatic rings. The highest BCUT2D eigenvalue weighted by Crippen LogP contribution is 2.05. The largest absolute Gasteiger partial charge is 0.355 e. The number of nitrogens with one attached hydrogen (secondary N) is 2. The van der Waals surface area contributed by atoms with Gasteiger partial charge >= 0.3 is 0 Å². The van der Waals surface area contributed by atoms with Gasteiger partial charge in [-0.25, -0.2) is 0 Å². The van der Waals surface area contributed by atoms with Crippen LogP contribution in [0, 0.1) is 0 Å². The Morgan fingerprint density at radius 2 is 2.20 bits per heavy atom. The van der Waals surface area contributed by atoms with Gasteiger partial charge in [-0.1, -0.05) is 0 Å². The number of ether oxygens (including phenoxy) is 2. The average Bonchev–Trinajstić information content (AvgIpc) is 2.45. The van der Waals surface area contributed by atoms with Crippen molar-refractivity contribution in [3.05, 3.63) is 0 Å². The van der Waals surface area contributed by atoms with Crippen LogP contribution >= 0.6 is 0 Å². The topological polar surface area (TPSA) is 59.6 Å². The molecular weight excluding hydrogens is 196 g/mol. The highest BCUT2D eigenvalue weighted by atomic mass is 16.7. The maximum absolute atomic E-state index is 11.5. The molecule has 5 nitrogen and oxygen atoms in total. The molecular formula is C10H20N2O3. The van der Waals surface area contributed by atoms with Gasteiger partial charge in [0.15, 0.2) is 6.29 Å². The lowest BCUT2D eigenvalue weighted by molar-refractivity contribution is -0.124. The summed E-state index contributed by atoms with van der Waals surface area (Å²) in [5, 5.41) is 6.02. The van der Waals surface area contributed by atoms with Gasteiger partial charge in [-0.3, -0.25) is 4.79 Å². The van der Waals surface area contributed by atoms with E-state index in [9.17, 15) is 4.79 Å². The van der Waals surface area contributed by atoms with Crippen molar-refractivity contribution in [2.75, 3.05) is 27.3 Å². The van der Waals surface area contributed by atoms with Gasteiger partial charge in [0.25, 0.3) is 0 Å². The minimum absolute atomic E-state index is 0.0819. The molecule has 1 unspecified atom stereocenters. The second-order valence-electron chi connectivity index (χ2n) is 3.65. The van der Waals surface area contributed by atoms with E-state index < -0.39 is 0 Å². The Hall–Kier alpha value is -0.650. The molecule has 1 amide bonds. The summed E-state index contributed by atoms with van der Waals surface area (Å²) in [6.07, 6.45) is 2.72. The average molecular weight is 216 g/mol. The molecule has 1 fully saturated rings. The normalized spacial score (nSPS) is 22.6. The van der Waals surface area contributed by atoms with Gasteiger partial charge in [-0.15, -0.1) is 0 Å². The number of carbonyl (C=O) groups is 1. The molecule has 1 rings (SSSR count). The lowest BCUT2D eigenvalue weighted by atomic mass is 10.1. The number of methoxy groups -OCH3 is 2. The minimum Gasteiger partial charge on any atom is -0.355 e. The first-order valence-electron chi connectivity index (χ1n) is 5.34. The summed E-state index contributed by atoms with van der Waals surface area (Å²) in [6, 6.07) is -0.111. The first kappa shape index (κ1) is 12.4. The maximum atomic E-state index is 11.5. The third-order valence-electron chi connectivity index (χ3n) is 2.59. The zero-order valence-corrected chi connectivity index (χ0v) is 9.41. The van der Waals surface area contributed by atoms with Crippen molar-refractivity contribution < 1.29 is 14.3 Å². The van der Waals surface area contributed by atoms with E-state index in [0.717, 1.165) is 25.8 Å². The molecule has 1 saturated heterocycles. The van der Waals surface area contributed by atoms with Crippen LogP contribution in [-0.4, -0.2) is 45.5 Å². The van der Waals surface area contributed by atoms with E-state index >= 15 is 0 Å². The molecule has 88 valence electrons. The SMILES string of the molecule is COC(CNC1CCCCNC1=O)OC. The maximum Gasteiger partial charge on any atom is 0.237 e. The summed E-state index contributed by atoms with van der Waals surface area (Å²) in [7, 11) is 3.17. The van der Waals surface area contributed by atoms with Crippen LogP contribution in [0.3, 0.4) is 0 Å². The van der Waals surface area contributed by atoms with Crippen molar-refractivity contribution in [1.29, 1.82) is 0 Å². The van der Waals surface area contributed by atoms with E-state index in [4.69, 9.17) is 9.47 Å². The van der Waals surface area contributed by atoms with Gasteiger partial charge in [-0.05, 0) is 19.3 Å². The van der Waals surface area contributed by atoms with Crippen LogP contribution in [0.4, 0.5) is 0 Å². The smallest absolute Gasteiger partial charge is 0.237 e. The number of rotatable bonds is 5. The van der Waals surface area contributed by atoms with Crippen molar-refractivity contribution in [3.8, 4) is 0 Å². The van der Waals surface area contributed by atoms with Crippen LogP contribution in [0.1, 0.15) is 19.3 Å². The summed E-state index contributed by atoms with van der Waals surface area (Å²) in [6.45, 7) is 1.32. The van der Waals surface area contributed by atoms with Crippen molar-refractivity contribution >= 4 is 5.91 Å². The fourth-order valence-corrected chi connectivity index (χ4v) is 1.64. The fraction of sp³-hybridized carbons (Fsp3) is 0.900. The standard InChI is InChI=1S/C10H20N2O3/c1-14-9(15-2)7-12-8-5-3-4-6-11-10(8)13/h8-9,12H,3-7H2,1-2H3,(H,11,13). The molecule has 5 heteroatoms. The van der Waals surface area contributed by atoms with Gasteiger partial charge < -0.3 is 20.1 Å². The molecule has 0 radical (unpaired) electrons. The van der Waals surface area contributed by atoms with Gasteiger partial charge in [-0.2, -0.15) is 0 Å². The Morgan fingerprint density at radius 1 is 1.47 bits per heavy atom. The van der Waals surface area contributed by atoms with E-state index in [0.29, 0.717) is 6.54 Å². The Bertz CT molecular complexity index is 195. The van der Waals surface area contributed by atoms with E-state index in [1.807, 2.05) is 0 Å². The van der Waals surface area contributed by atoms with Gasteiger partial charge in [0.1, 0.15) is 0 Å². The van der Waals surface area contributed by atoms with Crippen molar-refractivity contribution in [1.82, 2.24) is 10.6 Å². The summed E-state index contributed by atoms with van der Waals surface area (Å²) in [5.74, 6) is 0.0819. The number of hydrogen-bond donors (Lipinski definition) is 2. The Labute approximate surface area is 90.5 Å². The van der Waals surface area contributed by atoms with E-state index in [-0.39, 0.29) is 18.2 Å². The molecule has 2 N–H and O–H groups in total.